The average Bonchev–Trinajstić information content (AvgIpc) is 3.00. The Labute approximate surface area is 244 Å². The smallest absolute Gasteiger partial charge is 0.264 e. The number of anilines is 1. The molecular weight excluding hydrogens is 538 g/mol. The largest absolute Gasteiger partial charge is 0.497 e. The fourth-order valence-electron chi connectivity index (χ4n) is 4.43. The summed E-state index contributed by atoms with van der Waals surface area (Å²) in [5.74, 6) is -0.0802. The van der Waals surface area contributed by atoms with Crippen molar-refractivity contribution >= 4 is 27.5 Å². The van der Waals surface area contributed by atoms with E-state index in [9.17, 15) is 18.0 Å². The molecule has 9 heteroatoms. The minimum Gasteiger partial charge on any atom is -0.497 e. The van der Waals surface area contributed by atoms with E-state index < -0.39 is 28.5 Å². The highest BCUT2D eigenvalue weighted by Gasteiger charge is 2.34. The van der Waals surface area contributed by atoms with Gasteiger partial charge in [0.05, 0.1) is 17.7 Å². The van der Waals surface area contributed by atoms with Gasteiger partial charge in [0.25, 0.3) is 10.0 Å². The summed E-state index contributed by atoms with van der Waals surface area (Å²) < 4.78 is 34.2. The van der Waals surface area contributed by atoms with Crippen LogP contribution in [0.25, 0.3) is 0 Å². The van der Waals surface area contributed by atoms with Crippen LogP contribution in [-0.2, 0) is 32.6 Å². The number of methoxy groups -OCH3 is 1. The van der Waals surface area contributed by atoms with Crippen LogP contribution in [-0.4, -0.2) is 50.9 Å². The maximum Gasteiger partial charge on any atom is 0.264 e. The van der Waals surface area contributed by atoms with Gasteiger partial charge in [0.1, 0.15) is 18.3 Å². The second-order valence-corrected chi connectivity index (χ2v) is 11.8. The zero-order valence-electron chi connectivity index (χ0n) is 24.5. The summed E-state index contributed by atoms with van der Waals surface area (Å²) in [5, 5.41) is 2.99. The van der Waals surface area contributed by atoms with Gasteiger partial charge >= 0.3 is 0 Å². The highest BCUT2D eigenvalue weighted by atomic mass is 32.2. The van der Waals surface area contributed by atoms with Crippen molar-refractivity contribution in [3.63, 3.8) is 0 Å². The number of aryl methyl sites for hydroxylation is 1. The van der Waals surface area contributed by atoms with E-state index in [1.807, 2.05) is 52.0 Å². The lowest BCUT2D eigenvalue weighted by molar-refractivity contribution is -0.140. The lowest BCUT2D eigenvalue weighted by Crippen LogP contribution is -2.53. The Bertz CT molecular complexity index is 1380. The van der Waals surface area contributed by atoms with Gasteiger partial charge in [-0.2, -0.15) is 0 Å². The summed E-state index contributed by atoms with van der Waals surface area (Å²) in [5.41, 5.74) is 2.21. The molecule has 2 amide bonds. The van der Waals surface area contributed by atoms with Gasteiger partial charge < -0.3 is 15.0 Å². The first-order valence-corrected chi connectivity index (χ1v) is 15.5. The molecule has 0 saturated carbocycles. The Morgan fingerprint density at radius 1 is 0.854 bits per heavy atom. The quantitative estimate of drug-likeness (QED) is 0.284. The first-order chi connectivity index (χ1) is 19.6. The molecule has 1 N–H and O–H groups in total. The molecule has 0 radical (unpaired) electrons. The maximum absolute atomic E-state index is 14.1. The molecule has 0 bridgehead atoms. The first-order valence-electron chi connectivity index (χ1n) is 14.0. The topological polar surface area (TPSA) is 96.0 Å². The van der Waals surface area contributed by atoms with Crippen molar-refractivity contribution in [1.29, 1.82) is 0 Å². The molecular formula is C32H41N3O5S. The van der Waals surface area contributed by atoms with Crippen molar-refractivity contribution in [2.24, 2.45) is 0 Å². The normalized spacial score (nSPS) is 12.7. The molecule has 0 aromatic heterocycles. The van der Waals surface area contributed by atoms with E-state index in [1.165, 1.54) is 17.0 Å². The molecule has 3 aromatic carbocycles. The molecule has 0 aliphatic rings. The van der Waals surface area contributed by atoms with Crippen molar-refractivity contribution in [2.75, 3.05) is 18.0 Å². The Balaban J connectivity index is 2.04. The molecule has 0 spiro atoms. The number of nitrogens with one attached hydrogen (secondary N) is 1. The number of nitrogens with zero attached hydrogens (tertiary/aromatic N) is 2. The van der Waals surface area contributed by atoms with Crippen molar-refractivity contribution in [3.05, 3.63) is 90.0 Å². The zero-order chi connectivity index (χ0) is 30.0. The fourth-order valence-corrected chi connectivity index (χ4v) is 5.87. The number of hydrogen-bond donors (Lipinski definition) is 1. The second-order valence-electron chi connectivity index (χ2n) is 9.96. The summed E-state index contributed by atoms with van der Waals surface area (Å²) >= 11 is 0. The van der Waals surface area contributed by atoms with Crippen LogP contribution in [0, 0.1) is 0 Å². The van der Waals surface area contributed by atoms with E-state index in [0.717, 1.165) is 28.3 Å². The molecule has 0 aliphatic carbocycles. The standard InChI is InChI=1S/C32H41N3O5S/c1-6-24(4)33-32(37)30(8-3)34(22-26-16-20-28(40-5)21-17-26)31(36)23-35(27-18-14-25(7-2)15-19-27)41(38,39)29-12-10-9-11-13-29/h9-21,24,30H,6-8,22-23H2,1-5H3,(H,33,37)/t24-,30-/m1/s1. The predicted octanol–water partition coefficient (Wildman–Crippen LogP) is 5.18. The van der Waals surface area contributed by atoms with Crippen LogP contribution in [0.4, 0.5) is 5.69 Å². The SMILES string of the molecule is CCc1ccc(N(CC(=O)N(Cc2ccc(OC)cc2)[C@H](CC)C(=O)N[C@H](C)CC)S(=O)(=O)c2ccccc2)cc1. The summed E-state index contributed by atoms with van der Waals surface area (Å²) in [6, 6.07) is 21.6. The predicted molar refractivity (Wildman–Crippen MR) is 162 cm³/mol. The van der Waals surface area contributed by atoms with E-state index in [2.05, 4.69) is 5.32 Å². The number of carbonyl (C=O) groups excluding carboxylic acids is 2. The van der Waals surface area contributed by atoms with Gasteiger partial charge in [-0.3, -0.25) is 13.9 Å². The van der Waals surface area contributed by atoms with E-state index in [-0.39, 0.29) is 23.4 Å². The molecule has 2 atom stereocenters. The molecule has 0 saturated heterocycles. The van der Waals surface area contributed by atoms with Crippen LogP contribution in [0.15, 0.2) is 83.8 Å². The summed E-state index contributed by atoms with van der Waals surface area (Å²) in [7, 11) is -2.52. The van der Waals surface area contributed by atoms with Gasteiger partial charge in [0.15, 0.2) is 0 Å². The number of carbonyl (C=O) groups is 2. The molecule has 0 aliphatic heterocycles. The van der Waals surface area contributed by atoms with Gasteiger partial charge in [-0.25, -0.2) is 8.42 Å². The van der Waals surface area contributed by atoms with Crippen LogP contribution in [0.2, 0.25) is 0 Å². The summed E-state index contributed by atoms with van der Waals surface area (Å²) in [6.07, 6.45) is 1.90. The van der Waals surface area contributed by atoms with E-state index >= 15 is 0 Å². The molecule has 220 valence electrons. The summed E-state index contributed by atoms with van der Waals surface area (Å²) in [6.45, 7) is 7.41. The zero-order valence-corrected chi connectivity index (χ0v) is 25.4. The number of amides is 2. The van der Waals surface area contributed by atoms with Gasteiger partial charge in [0.2, 0.25) is 11.8 Å². The molecule has 3 aromatic rings. The first kappa shape index (κ1) is 31.7. The third-order valence-corrected chi connectivity index (χ3v) is 8.93. The fraction of sp³-hybridized carbons (Fsp3) is 0.375. The third kappa shape index (κ3) is 8.10. The van der Waals surface area contributed by atoms with E-state index in [4.69, 9.17) is 4.74 Å². The minimum atomic E-state index is -4.09. The van der Waals surface area contributed by atoms with Crippen LogP contribution in [0.3, 0.4) is 0 Å². The second kappa shape index (κ2) is 14.7. The van der Waals surface area contributed by atoms with E-state index in [0.29, 0.717) is 17.9 Å². The monoisotopic (exact) mass is 579 g/mol. The Hall–Kier alpha value is -3.85. The lowest BCUT2D eigenvalue weighted by Gasteiger charge is -2.33. The maximum atomic E-state index is 14.1. The number of ether oxygens (including phenoxy) is 1. The highest BCUT2D eigenvalue weighted by molar-refractivity contribution is 7.92. The van der Waals surface area contributed by atoms with Crippen LogP contribution in [0.5, 0.6) is 5.75 Å². The molecule has 0 heterocycles. The molecule has 0 fully saturated rings. The van der Waals surface area contributed by atoms with Crippen LogP contribution < -0.4 is 14.4 Å². The van der Waals surface area contributed by atoms with Crippen molar-refractivity contribution in [1.82, 2.24) is 10.2 Å². The van der Waals surface area contributed by atoms with Crippen LogP contribution >= 0.6 is 0 Å². The van der Waals surface area contributed by atoms with Crippen molar-refractivity contribution < 1.29 is 22.7 Å². The molecule has 41 heavy (non-hydrogen) atoms. The Morgan fingerprint density at radius 2 is 1.46 bits per heavy atom. The van der Waals surface area contributed by atoms with Crippen molar-refractivity contribution in [3.8, 4) is 5.75 Å². The number of sulfonamides is 1. The van der Waals surface area contributed by atoms with Crippen LogP contribution in [0.1, 0.15) is 51.7 Å². The van der Waals surface area contributed by atoms with Gasteiger partial charge in [-0.15, -0.1) is 0 Å². The molecule has 3 rings (SSSR count). The lowest BCUT2D eigenvalue weighted by atomic mass is 10.1. The van der Waals surface area contributed by atoms with Gasteiger partial charge in [0, 0.05) is 12.6 Å². The third-order valence-electron chi connectivity index (χ3n) is 7.14. The highest BCUT2D eigenvalue weighted by Crippen LogP contribution is 2.25. The van der Waals surface area contributed by atoms with Gasteiger partial charge in [-0.1, -0.05) is 63.2 Å². The van der Waals surface area contributed by atoms with Gasteiger partial charge in [-0.05, 0) is 73.7 Å². The Kier molecular flexibility index (Phi) is 11.3. The van der Waals surface area contributed by atoms with E-state index in [1.54, 1.807) is 49.6 Å². The average molecular weight is 580 g/mol. The number of benzene rings is 3. The Morgan fingerprint density at radius 3 is 2.00 bits per heavy atom. The number of rotatable bonds is 14. The number of hydrogen-bond acceptors (Lipinski definition) is 5. The van der Waals surface area contributed by atoms with Crippen molar-refractivity contribution in [2.45, 2.75) is 70.5 Å². The molecule has 8 nitrogen and oxygen atoms in total. The molecule has 0 unspecified atom stereocenters. The minimum absolute atomic E-state index is 0.0680. The summed E-state index contributed by atoms with van der Waals surface area (Å²) in [4.78, 5) is 29.1.